The predicted octanol–water partition coefficient (Wildman–Crippen LogP) is 11.8. The first-order valence-corrected chi connectivity index (χ1v) is 16.4. The van der Waals surface area contributed by atoms with E-state index < -0.39 is 0 Å². The quantitative estimate of drug-likeness (QED) is 0.184. The van der Waals surface area contributed by atoms with Gasteiger partial charge in [-0.25, -0.2) is 15.0 Å². The molecule has 2 aromatic heterocycles. The molecule has 0 aliphatic carbocycles. The first-order valence-electron chi connectivity index (χ1n) is 16.4. The Hall–Kier alpha value is -6.65. The third-order valence-electron chi connectivity index (χ3n) is 8.97. The van der Waals surface area contributed by atoms with Crippen LogP contribution >= 0.6 is 0 Å². The van der Waals surface area contributed by atoms with Crippen molar-refractivity contribution in [3.05, 3.63) is 176 Å². The maximum absolute atomic E-state index is 6.38. The highest BCUT2D eigenvalue weighted by molar-refractivity contribution is 6.13. The molecule has 0 saturated carbocycles. The van der Waals surface area contributed by atoms with Crippen LogP contribution in [0.5, 0.6) is 0 Å². The number of aromatic nitrogens is 3. The molecule has 4 heteroatoms. The van der Waals surface area contributed by atoms with Crippen molar-refractivity contribution in [1.82, 2.24) is 15.0 Å². The minimum absolute atomic E-state index is 0.608. The standard InChI is InChI=1S/C45H29N3O/c1-4-11-30(12-5-1)32-19-23-34(24-20-32)38-17-10-18-41-42(38)39-29-37(27-28-40(39)49-41)45-47-43(35-15-8-3-9-16-35)46-44(48-45)36-25-21-33(22-26-36)31-13-6-2-7-14-31/h1-29H. The van der Waals surface area contributed by atoms with Crippen molar-refractivity contribution in [1.29, 1.82) is 0 Å². The van der Waals surface area contributed by atoms with Crippen LogP contribution in [0, 0.1) is 0 Å². The summed E-state index contributed by atoms with van der Waals surface area (Å²) < 4.78 is 6.38. The number of furan rings is 1. The Bertz CT molecular complexity index is 2560. The molecule has 0 fully saturated rings. The van der Waals surface area contributed by atoms with Gasteiger partial charge in [-0.2, -0.15) is 0 Å². The molecule has 0 radical (unpaired) electrons. The molecule has 0 aliphatic heterocycles. The van der Waals surface area contributed by atoms with Crippen molar-refractivity contribution >= 4 is 21.9 Å². The number of nitrogens with zero attached hydrogens (tertiary/aromatic N) is 3. The predicted molar refractivity (Wildman–Crippen MR) is 200 cm³/mol. The van der Waals surface area contributed by atoms with Gasteiger partial charge in [-0.3, -0.25) is 0 Å². The van der Waals surface area contributed by atoms with Crippen LogP contribution in [-0.4, -0.2) is 15.0 Å². The van der Waals surface area contributed by atoms with E-state index in [0.29, 0.717) is 17.5 Å². The van der Waals surface area contributed by atoms with Crippen molar-refractivity contribution in [3.63, 3.8) is 0 Å². The second-order valence-corrected chi connectivity index (χ2v) is 12.1. The molecule has 9 rings (SSSR count). The van der Waals surface area contributed by atoms with Crippen LogP contribution in [0.2, 0.25) is 0 Å². The maximum atomic E-state index is 6.38. The molecule has 7 aromatic carbocycles. The fraction of sp³-hybridized carbons (Fsp3) is 0. The second kappa shape index (κ2) is 12.2. The van der Waals surface area contributed by atoms with Gasteiger partial charge in [-0.1, -0.05) is 152 Å². The number of rotatable bonds is 6. The molecular formula is C45H29N3O. The van der Waals surface area contributed by atoms with Gasteiger partial charge in [0.2, 0.25) is 0 Å². The van der Waals surface area contributed by atoms with E-state index in [2.05, 4.69) is 115 Å². The zero-order valence-corrected chi connectivity index (χ0v) is 26.5. The first kappa shape index (κ1) is 28.6. The van der Waals surface area contributed by atoms with Crippen LogP contribution in [0.3, 0.4) is 0 Å². The summed E-state index contributed by atoms with van der Waals surface area (Å²) in [5.74, 6) is 1.86. The summed E-state index contributed by atoms with van der Waals surface area (Å²) in [5, 5.41) is 2.09. The Morgan fingerprint density at radius 3 is 1.31 bits per heavy atom. The summed E-state index contributed by atoms with van der Waals surface area (Å²) in [7, 11) is 0. The molecule has 230 valence electrons. The lowest BCUT2D eigenvalue weighted by Gasteiger charge is -2.09. The van der Waals surface area contributed by atoms with Gasteiger partial charge in [-0.15, -0.1) is 0 Å². The van der Waals surface area contributed by atoms with Gasteiger partial charge in [0.05, 0.1) is 0 Å². The van der Waals surface area contributed by atoms with E-state index in [-0.39, 0.29) is 0 Å². The lowest BCUT2D eigenvalue weighted by molar-refractivity contribution is 0.669. The molecule has 0 N–H and O–H groups in total. The summed E-state index contributed by atoms with van der Waals surface area (Å²) in [6.45, 7) is 0. The number of fused-ring (bicyclic) bond motifs is 3. The smallest absolute Gasteiger partial charge is 0.164 e. The van der Waals surface area contributed by atoms with E-state index in [1.165, 1.54) is 16.7 Å². The minimum Gasteiger partial charge on any atom is -0.456 e. The Morgan fingerprint density at radius 1 is 0.306 bits per heavy atom. The summed E-state index contributed by atoms with van der Waals surface area (Å²) in [5.41, 5.74) is 11.4. The van der Waals surface area contributed by atoms with Crippen LogP contribution in [0.15, 0.2) is 180 Å². The van der Waals surface area contributed by atoms with Crippen molar-refractivity contribution in [2.45, 2.75) is 0 Å². The van der Waals surface area contributed by atoms with Gasteiger partial charge in [0.15, 0.2) is 17.5 Å². The average molecular weight is 628 g/mol. The number of hydrogen-bond donors (Lipinski definition) is 0. The van der Waals surface area contributed by atoms with Gasteiger partial charge in [0.1, 0.15) is 11.2 Å². The lowest BCUT2D eigenvalue weighted by atomic mass is 9.96. The monoisotopic (exact) mass is 627 g/mol. The molecule has 4 nitrogen and oxygen atoms in total. The van der Waals surface area contributed by atoms with E-state index in [0.717, 1.165) is 55.3 Å². The third-order valence-corrected chi connectivity index (χ3v) is 8.97. The molecule has 0 unspecified atom stereocenters. The first-order chi connectivity index (χ1) is 24.3. The molecule has 0 saturated heterocycles. The summed E-state index contributed by atoms with van der Waals surface area (Å²) in [4.78, 5) is 15.0. The number of hydrogen-bond acceptors (Lipinski definition) is 4. The number of benzene rings is 7. The second-order valence-electron chi connectivity index (χ2n) is 12.1. The maximum Gasteiger partial charge on any atom is 0.164 e. The minimum atomic E-state index is 0.608. The summed E-state index contributed by atoms with van der Waals surface area (Å²) in [6, 6.07) is 60.5. The highest BCUT2D eigenvalue weighted by Gasteiger charge is 2.17. The fourth-order valence-electron chi connectivity index (χ4n) is 6.47. The Labute approximate surface area is 284 Å². The average Bonchev–Trinajstić information content (AvgIpc) is 3.57. The van der Waals surface area contributed by atoms with Gasteiger partial charge in [0.25, 0.3) is 0 Å². The highest BCUT2D eigenvalue weighted by atomic mass is 16.3. The normalized spacial score (nSPS) is 11.3. The van der Waals surface area contributed by atoms with Crippen molar-refractivity contribution in [2.75, 3.05) is 0 Å². The van der Waals surface area contributed by atoms with E-state index >= 15 is 0 Å². The topological polar surface area (TPSA) is 51.8 Å². The molecule has 9 aromatic rings. The van der Waals surface area contributed by atoms with E-state index in [1.54, 1.807) is 0 Å². The largest absolute Gasteiger partial charge is 0.456 e. The molecule has 0 aliphatic rings. The van der Waals surface area contributed by atoms with Crippen LogP contribution in [-0.2, 0) is 0 Å². The highest BCUT2D eigenvalue weighted by Crippen LogP contribution is 2.39. The third kappa shape index (κ3) is 5.45. The van der Waals surface area contributed by atoms with Crippen LogP contribution < -0.4 is 0 Å². The zero-order chi connectivity index (χ0) is 32.6. The van der Waals surface area contributed by atoms with Crippen molar-refractivity contribution in [3.8, 4) is 67.5 Å². The Balaban J connectivity index is 1.16. The van der Waals surface area contributed by atoms with Crippen LogP contribution in [0.4, 0.5) is 0 Å². The molecule has 49 heavy (non-hydrogen) atoms. The van der Waals surface area contributed by atoms with Crippen molar-refractivity contribution in [2.24, 2.45) is 0 Å². The lowest BCUT2D eigenvalue weighted by Crippen LogP contribution is -2.00. The van der Waals surface area contributed by atoms with E-state index in [4.69, 9.17) is 19.4 Å². The fourth-order valence-corrected chi connectivity index (χ4v) is 6.47. The molecule has 2 heterocycles. The Kier molecular flexibility index (Phi) is 7.10. The summed E-state index contributed by atoms with van der Waals surface area (Å²) >= 11 is 0. The van der Waals surface area contributed by atoms with Crippen LogP contribution in [0.25, 0.3) is 89.5 Å². The van der Waals surface area contributed by atoms with Gasteiger partial charge in [0, 0.05) is 27.5 Å². The zero-order valence-electron chi connectivity index (χ0n) is 26.5. The summed E-state index contributed by atoms with van der Waals surface area (Å²) in [6.07, 6.45) is 0. The van der Waals surface area contributed by atoms with Crippen molar-refractivity contribution < 1.29 is 4.42 Å². The van der Waals surface area contributed by atoms with Crippen LogP contribution in [0.1, 0.15) is 0 Å². The molecule has 0 spiro atoms. The van der Waals surface area contributed by atoms with E-state index in [1.807, 2.05) is 60.7 Å². The SMILES string of the molecule is c1ccc(-c2ccc(-c3nc(-c4ccccc4)nc(-c4ccc5oc6cccc(-c7ccc(-c8ccccc8)cc7)c6c5c4)n3)cc2)cc1. The Morgan fingerprint density at radius 2 is 0.735 bits per heavy atom. The molecule has 0 atom stereocenters. The van der Waals surface area contributed by atoms with E-state index in [9.17, 15) is 0 Å². The van der Waals surface area contributed by atoms with Gasteiger partial charge < -0.3 is 4.42 Å². The van der Waals surface area contributed by atoms with Gasteiger partial charge in [-0.05, 0) is 57.6 Å². The molecular weight excluding hydrogens is 599 g/mol. The van der Waals surface area contributed by atoms with Gasteiger partial charge >= 0.3 is 0 Å². The molecule has 0 amide bonds. The molecule has 0 bridgehead atoms.